The molecule has 0 aromatic heterocycles. The molecule has 1 rings (SSSR count). The molecular formula is C15H20N2O. The molecule has 0 aliphatic heterocycles. The standard InChI is InChI=1S/C15H20N2O/c1-12(2)15(3,11-16)17-14(18)10-9-13-7-5-4-6-8-13/h4-8,12H,9-10H2,1-3H3,(H,17,18). The number of amides is 1. The highest BCUT2D eigenvalue weighted by molar-refractivity contribution is 5.77. The maximum atomic E-state index is 11.8. The molecule has 0 radical (unpaired) electrons. The van der Waals surface area contributed by atoms with Crippen LogP contribution in [0.25, 0.3) is 0 Å². The van der Waals surface area contributed by atoms with E-state index < -0.39 is 5.54 Å². The molecule has 3 heteroatoms. The van der Waals surface area contributed by atoms with Gasteiger partial charge in [0.2, 0.25) is 5.91 Å². The molecule has 1 aromatic rings. The highest BCUT2D eigenvalue weighted by atomic mass is 16.1. The van der Waals surface area contributed by atoms with Crippen LogP contribution < -0.4 is 5.32 Å². The maximum Gasteiger partial charge on any atom is 0.221 e. The Bertz CT molecular complexity index is 434. The van der Waals surface area contributed by atoms with Crippen LogP contribution in [-0.4, -0.2) is 11.4 Å². The number of benzene rings is 1. The summed E-state index contributed by atoms with van der Waals surface area (Å²) in [6, 6.07) is 12.0. The van der Waals surface area contributed by atoms with Crippen LogP contribution >= 0.6 is 0 Å². The zero-order valence-electron chi connectivity index (χ0n) is 11.2. The van der Waals surface area contributed by atoms with Gasteiger partial charge in [0, 0.05) is 6.42 Å². The first kappa shape index (κ1) is 14.2. The second kappa shape index (κ2) is 6.20. The Balaban J connectivity index is 2.50. The summed E-state index contributed by atoms with van der Waals surface area (Å²) in [5.41, 5.74) is 0.351. The van der Waals surface area contributed by atoms with Crippen molar-refractivity contribution >= 4 is 5.91 Å². The van der Waals surface area contributed by atoms with Gasteiger partial charge in [-0.05, 0) is 24.8 Å². The number of carbonyl (C=O) groups excluding carboxylic acids is 1. The Morgan fingerprint density at radius 2 is 2.00 bits per heavy atom. The van der Waals surface area contributed by atoms with E-state index in [0.717, 1.165) is 5.56 Å². The molecule has 3 nitrogen and oxygen atoms in total. The van der Waals surface area contributed by atoms with Gasteiger partial charge in [-0.3, -0.25) is 4.79 Å². The van der Waals surface area contributed by atoms with E-state index in [1.54, 1.807) is 6.92 Å². The third-order valence-electron chi connectivity index (χ3n) is 3.27. The summed E-state index contributed by atoms with van der Waals surface area (Å²) in [7, 11) is 0. The van der Waals surface area contributed by atoms with E-state index >= 15 is 0 Å². The fraction of sp³-hybridized carbons (Fsp3) is 0.467. The van der Waals surface area contributed by atoms with Crippen LogP contribution in [0.4, 0.5) is 0 Å². The largest absolute Gasteiger partial charge is 0.338 e. The maximum absolute atomic E-state index is 11.8. The van der Waals surface area contributed by atoms with Crippen molar-refractivity contribution in [3.05, 3.63) is 35.9 Å². The molecule has 1 unspecified atom stereocenters. The van der Waals surface area contributed by atoms with Gasteiger partial charge in [0.15, 0.2) is 0 Å². The first-order valence-corrected chi connectivity index (χ1v) is 6.24. The number of rotatable bonds is 5. The van der Waals surface area contributed by atoms with Crippen LogP contribution in [-0.2, 0) is 11.2 Å². The minimum absolute atomic E-state index is 0.0726. The number of aryl methyl sites for hydroxylation is 1. The van der Waals surface area contributed by atoms with Gasteiger partial charge in [-0.2, -0.15) is 5.26 Å². The minimum Gasteiger partial charge on any atom is -0.338 e. The predicted octanol–water partition coefficient (Wildman–Crippen LogP) is 2.67. The fourth-order valence-corrected chi connectivity index (χ4v) is 1.56. The lowest BCUT2D eigenvalue weighted by molar-refractivity contribution is -0.122. The summed E-state index contributed by atoms with van der Waals surface area (Å²) in [5.74, 6) is 0.0137. The van der Waals surface area contributed by atoms with Crippen molar-refractivity contribution in [1.29, 1.82) is 5.26 Å². The van der Waals surface area contributed by atoms with Crippen molar-refractivity contribution in [3.63, 3.8) is 0 Å². The summed E-state index contributed by atoms with van der Waals surface area (Å²) in [5, 5.41) is 11.9. The molecule has 1 amide bonds. The van der Waals surface area contributed by atoms with Crippen LogP contribution in [0.15, 0.2) is 30.3 Å². The van der Waals surface area contributed by atoms with E-state index in [1.165, 1.54) is 0 Å². The molecule has 1 aromatic carbocycles. The molecule has 0 aliphatic rings. The Kier molecular flexibility index (Phi) is 4.91. The SMILES string of the molecule is CC(C)C(C)(C#N)NC(=O)CCc1ccccc1. The van der Waals surface area contributed by atoms with E-state index in [2.05, 4.69) is 11.4 Å². The van der Waals surface area contributed by atoms with Crippen molar-refractivity contribution < 1.29 is 4.79 Å². The summed E-state index contributed by atoms with van der Waals surface area (Å²) in [6.07, 6.45) is 1.11. The Labute approximate surface area is 109 Å². The molecule has 0 saturated heterocycles. The molecule has 96 valence electrons. The lowest BCUT2D eigenvalue weighted by atomic mass is 9.90. The summed E-state index contributed by atoms with van der Waals surface area (Å²) in [4.78, 5) is 11.8. The number of carbonyl (C=O) groups is 1. The topological polar surface area (TPSA) is 52.9 Å². The Hall–Kier alpha value is -1.82. The highest BCUT2D eigenvalue weighted by Crippen LogP contribution is 2.15. The molecule has 18 heavy (non-hydrogen) atoms. The monoisotopic (exact) mass is 244 g/mol. The second-order valence-corrected chi connectivity index (χ2v) is 5.00. The lowest BCUT2D eigenvalue weighted by Gasteiger charge is -2.27. The molecular weight excluding hydrogens is 224 g/mol. The predicted molar refractivity (Wildman–Crippen MR) is 71.8 cm³/mol. The summed E-state index contributed by atoms with van der Waals surface area (Å²) in [6.45, 7) is 5.62. The number of nitriles is 1. The van der Waals surface area contributed by atoms with E-state index in [9.17, 15) is 4.79 Å². The Morgan fingerprint density at radius 1 is 1.39 bits per heavy atom. The Morgan fingerprint density at radius 3 is 2.50 bits per heavy atom. The van der Waals surface area contributed by atoms with Gasteiger partial charge in [0.05, 0.1) is 6.07 Å². The van der Waals surface area contributed by atoms with Gasteiger partial charge in [-0.1, -0.05) is 44.2 Å². The molecule has 0 saturated carbocycles. The first-order valence-electron chi connectivity index (χ1n) is 6.24. The average Bonchev–Trinajstić information content (AvgIpc) is 2.37. The van der Waals surface area contributed by atoms with Gasteiger partial charge in [-0.25, -0.2) is 0 Å². The van der Waals surface area contributed by atoms with E-state index in [1.807, 2.05) is 44.2 Å². The van der Waals surface area contributed by atoms with E-state index in [-0.39, 0.29) is 11.8 Å². The van der Waals surface area contributed by atoms with Crippen LogP contribution in [0.2, 0.25) is 0 Å². The third-order valence-corrected chi connectivity index (χ3v) is 3.27. The van der Waals surface area contributed by atoms with Gasteiger partial charge < -0.3 is 5.32 Å². The molecule has 0 spiro atoms. The van der Waals surface area contributed by atoms with Gasteiger partial charge >= 0.3 is 0 Å². The number of nitrogens with zero attached hydrogens (tertiary/aromatic N) is 1. The number of hydrogen-bond donors (Lipinski definition) is 1. The molecule has 0 fully saturated rings. The van der Waals surface area contributed by atoms with Crippen LogP contribution in [0, 0.1) is 17.2 Å². The van der Waals surface area contributed by atoms with Gasteiger partial charge in [0.25, 0.3) is 0 Å². The average molecular weight is 244 g/mol. The molecule has 0 bridgehead atoms. The van der Waals surface area contributed by atoms with E-state index in [4.69, 9.17) is 5.26 Å². The smallest absolute Gasteiger partial charge is 0.221 e. The quantitative estimate of drug-likeness (QED) is 0.865. The third kappa shape index (κ3) is 3.89. The first-order chi connectivity index (χ1) is 8.48. The molecule has 0 heterocycles. The van der Waals surface area contributed by atoms with Gasteiger partial charge in [-0.15, -0.1) is 0 Å². The second-order valence-electron chi connectivity index (χ2n) is 5.00. The van der Waals surface area contributed by atoms with Crippen LogP contribution in [0.1, 0.15) is 32.8 Å². The molecule has 1 N–H and O–H groups in total. The normalized spacial score (nSPS) is 13.7. The summed E-state index contributed by atoms with van der Waals surface area (Å²) < 4.78 is 0. The minimum atomic E-state index is -0.784. The van der Waals surface area contributed by atoms with Crippen molar-refractivity contribution in [1.82, 2.24) is 5.32 Å². The van der Waals surface area contributed by atoms with Crippen molar-refractivity contribution in [2.45, 2.75) is 39.2 Å². The van der Waals surface area contributed by atoms with Crippen LogP contribution in [0.3, 0.4) is 0 Å². The number of nitrogens with one attached hydrogen (secondary N) is 1. The van der Waals surface area contributed by atoms with Crippen molar-refractivity contribution in [2.75, 3.05) is 0 Å². The zero-order valence-corrected chi connectivity index (χ0v) is 11.2. The highest BCUT2D eigenvalue weighted by Gasteiger charge is 2.29. The van der Waals surface area contributed by atoms with E-state index in [0.29, 0.717) is 12.8 Å². The van der Waals surface area contributed by atoms with Crippen molar-refractivity contribution in [3.8, 4) is 6.07 Å². The zero-order chi connectivity index (χ0) is 13.6. The fourth-order valence-electron chi connectivity index (χ4n) is 1.56. The molecule has 1 atom stereocenters. The number of hydrogen-bond acceptors (Lipinski definition) is 2. The lowest BCUT2D eigenvalue weighted by Crippen LogP contribution is -2.48. The van der Waals surface area contributed by atoms with Crippen LogP contribution in [0.5, 0.6) is 0 Å². The summed E-state index contributed by atoms with van der Waals surface area (Å²) >= 11 is 0. The van der Waals surface area contributed by atoms with Gasteiger partial charge in [0.1, 0.15) is 5.54 Å². The van der Waals surface area contributed by atoms with Crippen molar-refractivity contribution in [2.24, 2.45) is 5.92 Å². The molecule has 0 aliphatic carbocycles.